The van der Waals surface area contributed by atoms with Crippen molar-refractivity contribution in [2.24, 2.45) is 0 Å². The number of fused-ring (bicyclic) bond motifs is 5. The number of nitrogens with zero attached hydrogens (tertiary/aromatic N) is 5. The van der Waals surface area contributed by atoms with Crippen LogP contribution in [0.5, 0.6) is 0 Å². The average Bonchev–Trinajstić information content (AvgIpc) is 3.29. The first-order chi connectivity index (χ1) is 14.3. The first kappa shape index (κ1) is 21.1. The SMILES string of the molecule is CCN(CC)CCCNC(=O)c1nc2c3c4c(sc3nc(C)n2n1)COC(C)(C)C4. The highest BCUT2D eigenvalue weighted by atomic mass is 32.1. The van der Waals surface area contributed by atoms with Gasteiger partial charge < -0.3 is 15.0 Å². The zero-order valence-corrected chi connectivity index (χ0v) is 19.2. The molecule has 162 valence electrons. The molecule has 1 aliphatic heterocycles. The molecule has 4 heterocycles. The van der Waals surface area contributed by atoms with E-state index in [-0.39, 0.29) is 17.3 Å². The molecule has 3 aromatic rings. The number of amides is 1. The lowest BCUT2D eigenvalue weighted by atomic mass is 9.94. The van der Waals surface area contributed by atoms with Gasteiger partial charge in [0.25, 0.3) is 5.91 Å². The second-order valence-electron chi connectivity index (χ2n) is 8.38. The fraction of sp³-hybridized carbons (Fsp3) is 0.619. The molecule has 4 rings (SSSR count). The Morgan fingerprint density at radius 2 is 2.07 bits per heavy atom. The van der Waals surface area contributed by atoms with Gasteiger partial charge in [-0.05, 0) is 52.4 Å². The third-order valence-corrected chi connectivity index (χ3v) is 6.80. The van der Waals surface area contributed by atoms with Gasteiger partial charge in [0.05, 0.1) is 17.6 Å². The van der Waals surface area contributed by atoms with Gasteiger partial charge in [-0.1, -0.05) is 13.8 Å². The van der Waals surface area contributed by atoms with Crippen LogP contribution in [0.2, 0.25) is 0 Å². The minimum absolute atomic E-state index is 0.196. The lowest BCUT2D eigenvalue weighted by Gasteiger charge is -2.30. The highest BCUT2D eigenvalue weighted by Crippen LogP contribution is 2.39. The highest BCUT2D eigenvalue weighted by Gasteiger charge is 2.31. The highest BCUT2D eigenvalue weighted by molar-refractivity contribution is 7.19. The van der Waals surface area contributed by atoms with E-state index in [0.29, 0.717) is 18.8 Å². The largest absolute Gasteiger partial charge is 0.370 e. The Morgan fingerprint density at radius 3 is 2.80 bits per heavy atom. The maximum Gasteiger partial charge on any atom is 0.290 e. The third kappa shape index (κ3) is 3.93. The zero-order chi connectivity index (χ0) is 21.5. The van der Waals surface area contributed by atoms with Crippen molar-refractivity contribution < 1.29 is 9.53 Å². The second kappa shape index (κ2) is 8.20. The van der Waals surface area contributed by atoms with Crippen molar-refractivity contribution in [2.75, 3.05) is 26.2 Å². The fourth-order valence-corrected chi connectivity index (χ4v) is 5.10. The van der Waals surface area contributed by atoms with Gasteiger partial charge in [0.2, 0.25) is 5.82 Å². The van der Waals surface area contributed by atoms with Gasteiger partial charge in [-0.15, -0.1) is 16.4 Å². The number of carbonyl (C=O) groups is 1. The molecule has 0 unspecified atom stereocenters. The van der Waals surface area contributed by atoms with E-state index in [4.69, 9.17) is 9.72 Å². The Hall–Kier alpha value is -2.10. The number of hydrogen-bond donors (Lipinski definition) is 1. The molecule has 3 aromatic heterocycles. The van der Waals surface area contributed by atoms with E-state index in [9.17, 15) is 4.79 Å². The van der Waals surface area contributed by atoms with Gasteiger partial charge in [0.1, 0.15) is 10.7 Å². The summed E-state index contributed by atoms with van der Waals surface area (Å²) in [6.07, 6.45) is 1.70. The number of nitrogens with one attached hydrogen (secondary N) is 1. The van der Waals surface area contributed by atoms with Crippen LogP contribution in [0.1, 0.15) is 61.0 Å². The number of ether oxygens (including phenoxy) is 1. The van der Waals surface area contributed by atoms with Crippen LogP contribution in [0.3, 0.4) is 0 Å². The number of rotatable bonds is 7. The van der Waals surface area contributed by atoms with Crippen LogP contribution in [0.25, 0.3) is 15.9 Å². The maximum absolute atomic E-state index is 12.7. The predicted molar refractivity (Wildman–Crippen MR) is 118 cm³/mol. The lowest BCUT2D eigenvalue weighted by Crippen LogP contribution is -2.31. The summed E-state index contributed by atoms with van der Waals surface area (Å²) in [5.41, 5.74) is 1.71. The summed E-state index contributed by atoms with van der Waals surface area (Å²) in [6.45, 7) is 14.6. The minimum atomic E-state index is -0.237. The Balaban J connectivity index is 1.60. The molecule has 0 fully saturated rings. The number of aryl methyl sites for hydroxylation is 1. The molecule has 0 spiro atoms. The molecule has 8 nitrogen and oxygen atoms in total. The standard InChI is InChI=1S/C21H30N6O2S/c1-6-26(7-2)10-8-9-22-19(28)17-24-18-16-14-11-21(4,5)29-12-15(14)30-20(16)23-13(3)27(18)25-17/h6-12H2,1-5H3,(H,22,28). The van der Waals surface area contributed by atoms with Gasteiger partial charge in [0, 0.05) is 17.8 Å². The Kier molecular flexibility index (Phi) is 5.78. The third-order valence-electron chi connectivity index (χ3n) is 5.70. The summed E-state index contributed by atoms with van der Waals surface area (Å²) < 4.78 is 7.66. The van der Waals surface area contributed by atoms with E-state index in [1.807, 2.05) is 6.92 Å². The normalized spacial score (nSPS) is 15.8. The summed E-state index contributed by atoms with van der Waals surface area (Å²) in [7, 11) is 0. The number of carbonyl (C=O) groups excluding carboxylic acids is 1. The quantitative estimate of drug-likeness (QED) is 0.580. The van der Waals surface area contributed by atoms with Crippen molar-refractivity contribution in [1.29, 1.82) is 0 Å². The molecule has 0 saturated carbocycles. The van der Waals surface area contributed by atoms with Crippen LogP contribution in [0.15, 0.2) is 0 Å². The van der Waals surface area contributed by atoms with E-state index >= 15 is 0 Å². The van der Waals surface area contributed by atoms with Crippen LogP contribution in [0, 0.1) is 6.92 Å². The second-order valence-corrected chi connectivity index (χ2v) is 9.46. The van der Waals surface area contributed by atoms with Crippen molar-refractivity contribution in [3.05, 3.63) is 22.1 Å². The molecule has 1 amide bonds. The van der Waals surface area contributed by atoms with Crippen LogP contribution in [0.4, 0.5) is 0 Å². The summed E-state index contributed by atoms with van der Waals surface area (Å²) in [5.74, 6) is 0.685. The summed E-state index contributed by atoms with van der Waals surface area (Å²) in [4.78, 5) is 26.5. The average molecular weight is 431 g/mol. The van der Waals surface area contributed by atoms with Crippen LogP contribution >= 0.6 is 11.3 Å². The van der Waals surface area contributed by atoms with Gasteiger partial charge in [0.15, 0.2) is 5.65 Å². The Labute approximate surface area is 180 Å². The summed E-state index contributed by atoms with van der Waals surface area (Å²) in [5, 5.41) is 8.43. The Morgan fingerprint density at radius 1 is 1.30 bits per heavy atom. The molecule has 1 N–H and O–H groups in total. The zero-order valence-electron chi connectivity index (χ0n) is 18.4. The van der Waals surface area contributed by atoms with Crippen molar-refractivity contribution in [1.82, 2.24) is 29.8 Å². The molecule has 0 bridgehead atoms. The molecular weight excluding hydrogens is 400 g/mol. The van der Waals surface area contributed by atoms with E-state index in [1.165, 1.54) is 10.4 Å². The fourth-order valence-electron chi connectivity index (χ4n) is 3.96. The molecule has 9 heteroatoms. The van der Waals surface area contributed by atoms with E-state index < -0.39 is 0 Å². The van der Waals surface area contributed by atoms with Crippen LogP contribution in [-0.2, 0) is 17.8 Å². The van der Waals surface area contributed by atoms with Crippen molar-refractivity contribution in [2.45, 2.75) is 59.7 Å². The van der Waals surface area contributed by atoms with Gasteiger partial charge in [-0.2, -0.15) is 4.52 Å². The van der Waals surface area contributed by atoms with Gasteiger partial charge in [-0.25, -0.2) is 9.97 Å². The predicted octanol–water partition coefficient (Wildman–Crippen LogP) is 2.96. The first-order valence-electron chi connectivity index (χ1n) is 10.6. The smallest absolute Gasteiger partial charge is 0.290 e. The molecule has 0 aromatic carbocycles. The summed E-state index contributed by atoms with van der Waals surface area (Å²) in [6, 6.07) is 0. The molecule has 30 heavy (non-hydrogen) atoms. The Bertz CT molecular complexity index is 1080. The van der Waals surface area contributed by atoms with Gasteiger partial charge >= 0.3 is 0 Å². The monoisotopic (exact) mass is 430 g/mol. The van der Waals surface area contributed by atoms with E-state index in [1.54, 1.807) is 15.9 Å². The van der Waals surface area contributed by atoms with Gasteiger partial charge in [-0.3, -0.25) is 4.79 Å². The minimum Gasteiger partial charge on any atom is -0.370 e. The molecular formula is C21H30N6O2S. The van der Waals surface area contributed by atoms with Crippen molar-refractivity contribution >= 4 is 33.1 Å². The molecule has 0 atom stereocenters. The van der Waals surface area contributed by atoms with Crippen LogP contribution in [-0.4, -0.2) is 62.2 Å². The molecule has 1 aliphatic rings. The molecule has 0 saturated heterocycles. The van der Waals surface area contributed by atoms with E-state index in [2.05, 4.69) is 48.0 Å². The summed E-state index contributed by atoms with van der Waals surface area (Å²) >= 11 is 1.65. The lowest BCUT2D eigenvalue weighted by molar-refractivity contribution is -0.0379. The topological polar surface area (TPSA) is 84.7 Å². The van der Waals surface area contributed by atoms with Crippen molar-refractivity contribution in [3.8, 4) is 0 Å². The maximum atomic E-state index is 12.7. The molecule has 0 radical (unpaired) electrons. The van der Waals surface area contributed by atoms with Crippen LogP contribution < -0.4 is 5.32 Å². The molecule has 0 aliphatic carbocycles. The van der Waals surface area contributed by atoms with E-state index in [0.717, 1.165) is 48.5 Å². The first-order valence-corrected chi connectivity index (χ1v) is 11.5. The number of hydrogen-bond acceptors (Lipinski definition) is 7. The number of thiophene rings is 1. The van der Waals surface area contributed by atoms with Crippen molar-refractivity contribution in [3.63, 3.8) is 0 Å². The number of aromatic nitrogens is 4.